The third kappa shape index (κ3) is 4.81. The number of aryl methyl sites for hydroxylation is 3. The first-order valence-corrected chi connectivity index (χ1v) is 12.4. The van der Waals surface area contributed by atoms with Gasteiger partial charge in [-0.3, -0.25) is 9.59 Å². The number of nitrogens with zero attached hydrogens (tertiary/aromatic N) is 1. The molecule has 0 unspecified atom stereocenters. The summed E-state index contributed by atoms with van der Waals surface area (Å²) in [7, 11) is 1.64. The molecule has 1 aromatic carbocycles. The Morgan fingerprint density at radius 3 is 2.42 bits per heavy atom. The van der Waals surface area contributed by atoms with Gasteiger partial charge in [0.25, 0.3) is 11.5 Å². The number of carbonyl (C=O) groups is 1. The summed E-state index contributed by atoms with van der Waals surface area (Å²) in [4.78, 5) is 29.9. The van der Waals surface area contributed by atoms with Gasteiger partial charge in [0.05, 0.1) is 10.5 Å². The minimum Gasteiger partial charge on any atom is -0.455 e. The Hall–Kier alpha value is -3.43. The first-order chi connectivity index (χ1) is 16.8. The van der Waals surface area contributed by atoms with Gasteiger partial charge in [0.1, 0.15) is 28.5 Å². The average molecular weight is 512 g/mol. The number of ether oxygens (including phenoxy) is 1. The lowest BCUT2D eigenvalue weighted by atomic mass is 10.1. The summed E-state index contributed by atoms with van der Waals surface area (Å²) in [5.41, 5.74) is 1.08. The number of aromatic nitrogens is 2. The van der Waals surface area contributed by atoms with Crippen LogP contribution in [0.25, 0.3) is 21.3 Å². The number of hydrogen-bond acceptors (Lipinski definition) is 5. The van der Waals surface area contributed by atoms with Crippen LogP contribution in [0.2, 0.25) is 0 Å². The lowest BCUT2D eigenvalue weighted by Crippen LogP contribution is -2.30. The standard InChI is InChI=1S/C27H30FN3O4S/c1-13(2)29-25(32)19-10-17-18(12-31(7)26(33)22(17)30-19)24-20(11-21(36-24)27(5,6)34)35-23-14(3)8-16(28)9-15(23)4/h8-13,30,34H,1-7H3,(H,29,32). The van der Waals surface area contributed by atoms with Gasteiger partial charge < -0.3 is 24.7 Å². The summed E-state index contributed by atoms with van der Waals surface area (Å²) >= 11 is 1.33. The van der Waals surface area contributed by atoms with E-state index >= 15 is 0 Å². The molecular weight excluding hydrogens is 481 g/mol. The Morgan fingerprint density at radius 2 is 1.83 bits per heavy atom. The zero-order valence-corrected chi connectivity index (χ0v) is 22.2. The van der Waals surface area contributed by atoms with E-state index in [4.69, 9.17) is 4.74 Å². The number of hydrogen-bond donors (Lipinski definition) is 3. The fourth-order valence-corrected chi connectivity index (χ4v) is 5.19. The third-order valence-electron chi connectivity index (χ3n) is 5.81. The van der Waals surface area contributed by atoms with Crippen LogP contribution in [-0.4, -0.2) is 26.6 Å². The molecule has 3 heterocycles. The molecule has 4 rings (SSSR count). The van der Waals surface area contributed by atoms with E-state index in [9.17, 15) is 19.1 Å². The fraction of sp³-hybridized carbons (Fsp3) is 0.333. The quantitative estimate of drug-likeness (QED) is 0.318. The van der Waals surface area contributed by atoms with Gasteiger partial charge in [0.2, 0.25) is 0 Å². The number of halogens is 1. The van der Waals surface area contributed by atoms with Gasteiger partial charge in [-0.1, -0.05) is 0 Å². The van der Waals surface area contributed by atoms with Crippen LogP contribution in [0.3, 0.4) is 0 Å². The summed E-state index contributed by atoms with van der Waals surface area (Å²) in [5.74, 6) is 0.320. The number of fused-ring (bicyclic) bond motifs is 1. The Morgan fingerprint density at radius 1 is 1.19 bits per heavy atom. The summed E-state index contributed by atoms with van der Waals surface area (Å²) < 4.78 is 21.7. The maximum atomic E-state index is 13.9. The predicted octanol–water partition coefficient (Wildman–Crippen LogP) is 5.51. The topological polar surface area (TPSA) is 96.3 Å². The molecular formula is C27H30FN3O4S. The lowest BCUT2D eigenvalue weighted by Gasteiger charge is -2.14. The normalized spacial score (nSPS) is 11.9. The van der Waals surface area contributed by atoms with Crippen LogP contribution in [0.15, 0.2) is 35.3 Å². The molecule has 0 bridgehead atoms. The highest BCUT2D eigenvalue weighted by Gasteiger charge is 2.26. The first-order valence-electron chi connectivity index (χ1n) is 11.6. The van der Waals surface area contributed by atoms with Crippen molar-refractivity contribution in [1.82, 2.24) is 14.9 Å². The molecule has 0 spiro atoms. The SMILES string of the molecule is Cc1cc(F)cc(C)c1Oc1cc(C(C)(C)O)sc1-c1cn(C)c(=O)c2[nH]c(C(=O)NC(C)C)cc12. The Kier molecular flexibility index (Phi) is 6.57. The first kappa shape index (κ1) is 25.7. The zero-order valence-electron chi connectivity index (χ0n) is 21.4. The van der Waals surface area contributed by atoms with Gasteiger partial charge in [0, 0.05) is 35.1 Å². The maximum absolute atomic E-state index is 13.9. The van der Waals surface area contributed by atoms with E-state index in [1.165, 1.54) is 28.0 Å². The fourth-order valence-electron chi connectivity index (χ4n) is 4.08. The number of amides is 1. The summed E-state index contributed by atoms with van der Waals surface area (Å²) in [5, 5.41) is 14.1. The largest absolute Gasteiger partial charge is 0.455 e. The number of nitrogens with one attached hydrogen (secondary N) is 2. The zero-order chi connectivity index (χ0) is 26.5. The predicted molar refractivity (Wildman–Crippen MR) is 141 cm³/mol. The summed E-state index contributed by atoms with van der Waals surface area (Å²) in [6.07, 6.45) is 1.69. The average Bonchev–Trinajstić information content (AvgIpc) is 3.38. The van der Waals surface area contributed by atoms with Gasteiger partial charge in [0.15, 0.2) is 0 Å². The van der Waals surface area contributed by atoms with E-state index in [-0.39, 0.29) is 29.0 Å². The van der Waals surface area contributed by atoms with E-state index in [2.05, 4.69) is 10.3 Å². The number of pyridine rings is 1. The third-order valence-corrected chi connectivity index (χ3v) is 7.27. The lowest BCUT2D eigenvalue weighted by molar-refractivity contribution is 0.0824. The van der Waals surface area contributed by atoms with Crippen molar-refractivity contribution in [2.45, 2.75) is 53.2 Å². The molecule has 4 aromatic rings. The molecule has 1 amide bonds. The van der Waals surface area contributed by atoms with Gasteiger partial charge in [-0.25, -0.2) is 4.39 Å². The number of benzene rings is 1. The number of aromatic amines is 1. The minimum absolute atomic E-state index is 0.0694. The van der Waals surface area contributed by atoms with Crippen molar-refractivity contribution in [3.8, 4) is 21.9 Å². The van der Waals surface area contributed by atoms with Crippen molar-refractivity contribution in [1.29, 1.82) is 0 Å². The van der Waals surface area contributed by atoms with E-state index in [1.807, 2.05) is 13.8 Å². The molecule has 3 N–H and O–H groups in total. The van der Waals surface area contributed by atoms with Crippen LogP contribution in [0.5, 0.6) is 11.5 Å². The van der Waals surface area contributed by atoms with Crippen LogP contribution < -0.4 is 15.6 Å². The second kappa shape index (κ2) is 9.22. The van der Waals surface area contributed by atoms with Crippen LogP contribution >= 0.6 is 11.3 Å². The van der Waals surface area contributed by atoms with Gasteiger partial charge in [-0.05, 0) is 76.9 Å². The molecule has 0 atom stereocenters. The molecule has 0 saturated heterocycles. The number of aliphatic hydroxyl groups is 1. The summed E-state index contributed by atoms with van der Waals surface area (Å²) in [6.45, 7) is 10.6. The Labute approximate surface area is 212 Å². The molecule has 0 aliphatic heterocycles. The maximum Gasteiger partial charge on any atom is 0.274 e. The highest BCUT2D eigenvalue weighted by atomic mass is 32.1. The van der Waals surface area contributed by atoms with E-state index < -0.39 is 5.60 Å². The number of rotatable bonds is 6. The van der Waals surface area contributed by atoms with Crippen LogP contribution in [-0.2, 0) is 12.6 Å². The smallest absolute Gasteiger partial charge is 0.274 e. The highest BCUT2D eigenvalue weighted by Crippen LogP contribution is 2.46. The molecule has 3 aromatic heterocycles. The number of H-pyrrole nitrogens is 1. The second-order valence-electron chi connectivity index (χ2n) is 9.89. The van der Waals surface area contributed by atoms with E-state index in [0.29, 0.717) is 48.8 Å². The summed E-state index contributed by atoms with van der Waals surface area (Å²) in [6, 6.07) is 6.16. The minimum atomic E-state index is -1.14. The van der Waals surface area contributed by atoms with Crippen LogP contribution in [0.4, 0.5) is 4.39 Å². The van der Waals surface area contributed by atoms with Crippen molar-refractivity contribution in [3.05, 3.63) is 68.3 Å². The molecule has 190 valence electrons. The van der Waals surface area contributed by atoms with Gasteiger partial charge in [-0.2, -0.15) is 0 Å². The molecule has 36 heavy (non-hydrogen) atoms. The van der Waals surface area contributed by atoms with Crippen LogP contribution in [0, 0.1) is 19.7 Å². The van der Waals surface area contributed by atoms with Crippen molar-refractivity contribution < 1.29 is 19.0 Å². The molecule has 0 aliphatic rings. The molecule has 0 saturated carbocycles. The molecule has 0 radical (unpaired) electrons. The van der Waals surface area contributed by atoms with Gasteiger partial charge >= 0.3 is 0 Å². The molecule has 7 nitrogen and oxygen atoms in total. The van der Waals surface area contributed by atoms with Crippen molar-refractivity contribution in [2.24, 2.45) is 7.05 Å². The Balaban J connectivity index is 1.95. The van der Waals surface area contributed by atoms with Crippen LogP contribution in [0.1, 0.15) is 54.2 Å². The Bertz CT molecular complexity index is 1520. The van der Waals surface area contributed by atoms with Crippen molar-refractivity contribution in [3.63, 3.8) is 0 Å². The second-order valence-corrected chi connectivity index (χ2v) is 10.9. The van der Waals surface area contributed by atoms with E-state index in [1.54, 1.807) is 53.1 Å². The van der Waals surface area contributed by atoms with Crippen molar-refractivity contribution in [2.75, 3.05) is 0 Å². The number of thiophene rings is 1. The number of carbonyl (C=O) groups excluding carboxylic acids is 1. The highest BCUT2D eigenvalue weighted by molar-refractivity contribution is 7.16. The molecule has 0 fully saturated rings. The molecule has 9 heteroatoms. The van der Waals surface area contributed by atoms with Gasteiger partial charge in [-0.15, -0.1) is 11.3 Å². The van der Waals surface area contributed by atoms with E-state index in [0.717, 1.165) is 0 Å². The van der Waals surface area contributed by atoms with Crippen molar-refractivity contribution >= 4 is 28.1 Å². The monoisotopic (exact) mass is 511 g/mol. The molecule has 0 aliphatic carbocycles.